The summed E-state index contributed by atoms with van der Waals surface area (Å²) in [6.45, 7) is 2.20. The van der Waals surface area contributed by atoms with Crippen molar-refractivity contribution in [2.75, 3.05) is 12.8 Å². The number of hydrogen-bond donors (Lipinski definition) is 3. The third-order valence-electron chi connectivity index (χ3n) is 4.76. The van der Waals surface area contributed by atoms with Gasteiger partial charge in [0.25, 0.3) is 0 Å². The summed E-state index contributed by atoms with van der Waals surface area (Å²) in [5.41, 5.74) is 7.92. The van der Waals surface area contributed by atoms with Crippen molar-refractivity contribution in [2.24, 2.45) is 5.41 Å². The van der Waals surface area contributed by atoms with Gasteiger partial charge in [-0.3, -0.25) is 10.8 Å². The van der Waals surface area contributed by atoms with E-state index in [1.807, 2.05) is 18.2 Å². The SMILES string of the molecule is CCC1(C(C(=N)N(C)C=N)c2cccc(N)c2)CCC1. The Morgan fingerprint density at radius 2 is 2.20 bits per heavy atom. The maximum absolute atomic E-state index is 8.49. The molecule has 0 aromatic heterocycles. The molecule has 4 N–H and O–H groups in total. The Bertz CT molecular complexity index is 499. The summed E-state index contributed by atoms with van der Waals surface area (Å²) >= 11 is 0. The fraction of sp³-hybridized carbons (Fsp3) is 0.500. The van der Waals surface area contributed by atoms with E-state index in [1.54, 1.807) is 11.9 Å². The summed E-state index contributed by atoms with van der Waals surface area (Å²) in [5.74, 6) is 0.517. The van der Waals surface area contributed by atoms with Crippen LogP contribution in [0, 0.1) is 16.2 Å². The Morgan fingerprint density at radius 3 is 2.65 bits per heavy atom. The highest BCUT2D eigenvalue weighted by Crippen LogP contribution is 2.54. The summed E-state index contributed by atoms with van der Waals surface area (Å²) in [7, 11) is 1.77. The van der Waals surface area contributed by atoms with E-state index in [-0.39, 0.29) is 11.3 Å². The molecule has 1 saturated carbocycles. The van der Waals surface area contributed by atoms with Gasteiger partial charge in [-0.1, -0.05) is 25.5 Å². The van der Waals surface area contributed by atoms with Gasteiger partial charge in [0.2, 0.25) is 0 Å². The highest BCUT2D eigenvalue weighted by Gasteiger charge is 2.45. The molecule has 1 aliphatic rings. The minimum Gasteiger partial charge on any atom is -0.399 e. The van der Waals surface area contributed by atoms with Crippen LogP contribution in [0.4, 0.5) is 5.69 Å². The average Bonchev–Trinajstić information content (AvgIpc) is 2.41. The smallest absolute Gasteiger partial charge is 0.109 e. The predicted octanol–water partition coefficient (Wildman–Crippen LogP) is 3.45. The van der Waals surface area contributed by atoms with Gasteiger partial charge in [-0.05, 0) is 42.4 Å². The Morgan fingerprint density at radius 1 is 1.50 bits per heavy atom. The zero-order valence-electron chi connectivity index (χ0n) is 12.3. The molecule has 0 heterocycles. The van der Waals surface area contributed by atoms with Crippen LogP contribution in [-0.2, 0) is 0 Å². The van der Waals surface area contributed by atoms with Crippen LogP contribution in [0.2, 0.25) is 0 Å². The van der Waals surface area contributed by atoms with Gasteiger partial charge < -0.3 is 10.6 Å². The molecule has 0 aliphatic heterocycles. The van der Waals surface area contributed by atoms with E-state index >= 15 is 0 Å². The Kier molecular flexibility index (Phi) is 4.12. The van der Waals surface area contributed by atoms with Crippen molar-refractivity contribution >= 4 is 17.9 Å². The highest BCUT2D eigenvalue weighted by molar-refractivity contribution is 5.94. The molecule has 108 valence electrons. The van der Waals surface area contributed by atoms with Crippen LogP contribution in [-0.4, -0.2) is 24.1 Å². The molecule has 20 heavy (non-hydrogen) atoms. The largest absolute Gasteiger partial charge is 0.399 e. The van der Waals surface area contributed by atoms with Gasteiger partial charge in [0.1, 0.15) is 5.84 Å². The quantitative estimate of drug-likeness (QED) is 0.436. The zero-order chi connectivity index (χ0) is 14.8. The Hall–Kier alpha value is -1.84. The van der Waals surface area contributed by atoms with Gasteiger partial charge in [0.15, 0.2) is 0 Å². The maximum Gasteiger partial charge on any atom is 0.109 e. The summed E-state index contributed by atoms with van der Waals surface area (Å²) < 4.78 is 0. The van der Waals surface area contributed by atoms with Gasteiger partial charge in [-0.15, -0.1) is 0 Å². The minimum atomic E-state index is 0.0244. The molecule has 1 atom stereocenters. The van der Waals surface area contributed by atoms with Crippen LogP contribution in [0.15, 0.2) is 24.3 Å². The van der Waals surface area contributed by atoms with Crippen molar-refractivity contribution in [3.05, 3.63) is 29.8 Å². The van der Waals surface area contributed by atoms with Gasteiger partial charge in [-0.2, -0.15) is 0 Å². The highest BCUT2D eigenvalue weighted by atomic mass is 15.1. The fourth-order valence-electron chi connectivity index (χ4n) is 3.29. The molecule has 4 nitrogen and oxygen atoms in total. The second-order valence-corrected chi connectivity index (χ2v) is 5.80. The first kappa shape index (κ1) is 14.6. The van der Waals surface area contributed by atoms with Crippen LogP contribution in [0.25, 0.3) is 0 Å². The average molecular weight is 272 g/mol. The Balaban J connectivity index is 2.44. The minimum absolute atomic E-state index is 0.0244. The van der Waals surface area contributed by atoms with Crippen LogP contribution in [0.1, 0.15) is 44.1 Å². The molecule has 1 aliphatic carbocycles. The number of nitrogens with zero attached hydrogens (tertiary/aromatic N) is 1. The van der Waals surface area contributed by atoms with Gasteiger partial charge in [0.05, 0.1) is 6.34 Å². The monoisotopic (exact) mass is 272 g/mol. The van der Waals surface area contributed by atoms with Gasteiger partial charge in [0, 0.05) is 18.7 Å². The molecule has 0 bridgehead atoms. The van der Waals surface area contributed by atoms with Crippen molar-refractivity contribution in [1.82, 2.24) is 4.90 Å². The number of rotatable bonds is 5. The molecule has 0 radical (unpaired) electrons. The number of nitrogens with two attached hydrogens (primary N) is 1. The maximum atomic E-state index is 8.49. The lowest BCUT2D eigenvalue weighted by Gasteiger charge is -2.48. The summed E-state index contributed by atoms with van der Waals surface area (Å²) in [6.07, 6.45) is 5.80. The number of hydrogen-bond acceptors (Lipinski definition) is 3. The van der Waals surface area contributed by atoms with E-state index in [2.05, 4.69) is 13.0 Å². The third-order valence-corrected chi connectivity index (χ3v) is 4.76. The predicted molar refractivity (Wildman–Crippen MR) is 84.4 cm³/mol. The van der Waals surface area contributed by atoms with Crippen molar-refractivity contribution < 1.29 is 0 Å². The number of nitrogen functional groups attached to an aromatic ring is 1. The van der Waals surface area contributed by atoms with Crippen LogP contribution >= 0.6 is 0 Å². The molecule has 2 rings (SSSR count). The molecular weight excluding hydrogens is 248 g/mol. The van der Waals surface area contributed by atoms with E-state index in [0.29, 0.717) is 5.84 Å². The lowest BCUT2D eigenvalue weighted by Crippen LogP contribution is -2.44. The van der Waals surface area contributed by atoms with Crippen molar-refractivity contribution in [3.8, 4) is 0 Å². The molecule has 0 spiro atoms. The lowest BCUT2D eigenvalue weighted by atomic mass is 9.57. The second kappa shape index (κ2) is 5.65. The molecule has 0 amide bonds. The summed E-state index contributed by atoms with van der Waals surface area (Å²) in [4.78, 5) is 1.60. The van der Waals surface area contributed by atoms with Crippen molar-refractivity contribution in [1.29, 1.82) is 10.8 Å². The van der Waals surface area contributed by atoms with Gasteiger partial charge >= 0.3 is 0 Å². The van der Waals surface area contributed by atoms with Crippen LogP contribution in [0.3, 0.4) is 0 Å². The number of nitrogens with one attached hydrogen (secondary N) is 2. The molecule has 1 aromatic rings. The van der Waals surface area contributed by atoms with Crippen LogP contribution in [0.5, 0.6) is 0 Å². The van der Waals surface area contributed by atoms with Crippen LogP contribution < -0.4 is 5.73 Å². The number of amidine groups is 1. The van der Waals surface area contributed by atoms with E-state index in [9.17, 15) is 0 Å². The number of benzene rings is 1. The topological polar surface area (TPSA) is 77.0 Å². The first-order valence-electron chi connectivity index (χ1n) is 7.21. The van der Waals surface area contributed by atoms with Crippen molar-refractivity contribution in [2.45, 2.75) is 38.5 Å². The first-order valence-corrected chi connectivity index (χ1v) is 7.21. The molecule has 1 aromatic carbocycles. The fourth-order valence-corrected chi connectivity index (χ4v) is 3.29. The van der Waals surface area contributed by atoms with Crippen molar-refractivity contribution in [3.63, 3.8) is 0 Å². The number of likely N-dealkylation sites (N-methyl/N-ethyl adjacent to an activating group) is 1. The lowest BCUT2D eigenvalue weighted by molar-refractivity contribution is 0.110. The molecule has 1 fully saturated rings. The molecule has 1 unspecified atom stereocenters. The van der Waals surface area contributed by atoms with E-state index in [4.69, 9.17) is 16.6 Å². The molecule has 0 saturated heterocycles. The normalized spacial score (nSPS) is 17.9. The third kappa shape index (κ3) is 2.42. The van der Waals surface area contributed by atoms with E-state index in [1.165, 1.54) is 12.8 Å². The summed E-state index contributed by atoms with van der Waals surface area (Å²) in [5, 5.41) is 15.9. The molecular formula is C16H24N4. The van der Waals surface area contributed by atoms with E-state index < -0.39 is 0 Å². The molecule has 4 heteroatoms. The van der Waals surface area contributed by atoms with Gasteiger partial charge in [-0.25, -0.2) is 0 Å². The first-order chi connectivity index (χ1) is 9.54. The Labute approximate surface area is 121 Å². The standard InChI is InChI=1S/C16H24N4/c1-3-16(8-5-9-16)14(15(19)20(2)11-17)12-6-4-7-13(18)10-12/h4,6-7,10-11,14,17,19H,3,5,8-9,18H2,1-2H3. The summed E-state index contributed by atoms with van der Waals surface area (Å²) in [6, 6.07) is 7.87. The van der Waals surface area contributed by atoms with E-state index in [0.717, 1.165) is 30.5 Å². The number of anilines is 1. The second-order valence-electron chi connectivity index (χ2n) is 5.80. The zero-order valence-corrected chi connectivity index (χ0v) is 12.3.